The summed E-state index contributed by atoms with van der Waals surface area (Å²) >= 11 is 0. The highest BCUT2D eigenvalue weighted by atomic mass is 19.1. The Morgan fingerprint density at radius 3 is 2.39 bits per heavy atom. The van der Waals surface area contributed by atoms with Gasteiger partial charge in [0.1, 0.15) is 5.67 Å². The van der Waals surface area contributed by atoms with Crippen LogP contribution >= 0.6 is 0 Å². The number of alkyl halides is 1. The maximum Gasteiger partial charge on any atom is 0.112 e. The third-order valence-corrected chi connectivity index (χ3v) is 4.42. The van der Waals surface area contributed by atoms with Gasteiger partial charge in [-0.05, 0) is 32.7 Å². The van der Waals surface area contributed by atoms with Gasteiger partial charge in [0.2, 0.25) is 0 Å². The van der Waals surface area contributed by atoms with E-state index in [1.54, 1.807) is 0 Å². The summed E-state index contributed by atoms with van der Waals surface area (Å²) in [6.45, 7) is 6.02. The van der Waals surface area contributed by atoms with E-state index in [9.17, 15) is 4.39 Å². The van der Waals surface area contributed by atoms with Crippen molar-refractivity contribution in [1.82, 2.24) is 5.32 Å². The Hall–Kier alpha value is -0.110. The maximum atomic E-state index is 14.6. The number of hydrogen-bond acceptors (Lipinski definition) is 1. The van der Waals surface area contributed by atoms with Crippen molar-refractivity contribution in [2.45, 2.75) is 83.7 Å². The molecule has 0 amide bonds. The summed E-state index contributed by atoms with van der Waals surface area (Å²) in [6, 6.07) is 0. The van der Waals surface area contributed by atoms with E-state index in [-0.39, 0.29) is 5.92 Å². The second-order valence-electron chi connectivity index (χ2n) is 6.19. The van der Waals surface area contributed by atoms with E-state index in [2.05, 4.69) is 12.2 Å². The quantitative estimate of drug-likeness (QED) is 0.582. The van der Waals surface area contributed by atoms with Crippen molar-refractivity contribution in [3.63, 3.8) is 0 Å². The summed E-state index contributed by atoms with van der Waals surface area (Å²) in [5.41, 5.74) is -0.948. The maximum absolute atomic E-state index is 14.6. The largest absolute Gasteiger partial charge is 0.316 e. The molecule has 0 aliphatic carbocycles. The highest BCUT2D eigenvalue weighted by Crippen LogP contribution is 2.32. The standard InChI is InChI=1S/C16H32FN/c1-3-4-5-6-7-8-9-12-16(2,17)15-11-10-13-18-14-15/h15,18H,3-14H2,1-2H3. The number of hydrogen-bond donors (Lipinski definition) is 1. The van der Waals surface area contributed by atoms with Crippen molar-refractivity contribution >= 4 is 0 Å². The van der Waals surface area contributed by atoms with E-state index in [4.69, 9.17) is 0 Å². The lowest BCUT2D eigenvalue weighted by Crippen LogP contribution is -2.41. The third kappa shape index (κ3) is 6.17. The Balaban J connectivity index is 2.05. The van der Waals surface area contributed by atoms with Gasteiger partial charge in [0.05, 0.1) is 0 Å². The van der Waals surface area contributed by atoms with Gasteiger partial charge in [-0.1, -0.05) is 51.9 Å². The van der Waals surface area contributed by atoms with Crippen LogP contribution in [0.2, 0.25) is 0 Å². The van der Waals surface area contributed by atoms with Crippen LogP contribution in [0.25, 0.3) is 0 Å². The molecule has 1 N–H and O–H groups in total. The zero-order valence-electron chi connectivity index (χ0n) is 12.4. The monoisotopic (exact) mass is 257 g/mol. The van der Waals surface area contributed by atoms with Crippen molar-refractivity contribution in [2.24, 2.45) is 5.92 Å². The van der Waals surface area contributed by atoms with Crippen LogP contribution in [0.1, 0.15) is 78.1 Å². The first-order valence-corrected chi connectivity index (χ1v) is 8.06. The number of unbranched alkanes of at least 4 members (excludes halogenated alkanes) is 6. The first-order valence-electron chi connectivity index (χ1n) is 8.06. The normalized spacial score (nSPS) is 23.8. The second-order valence-corrected chi connectivity index (χ2v) is 6.19. The first-order chi connectivity index (χ1) is 8.67. The molecular formula is C16H32FN. The highest BCUT2D eigenvalue weighted by Gasteiger charge is 2.34. The van der Waals surface area contributed by atoms with Crippen LogP contribution in [0.15, 0.2) is 0 Å². The fourth-order valence-electron chi connectivity index (χ4n) is 3.00. The molecule has 1 nitrogen and oxygen atoms in total. The third-order valence-electron chi connectivity index (χ3n) is 4.42. The van der Waals surface area contributed by atoms with Crippen molar-refractivity contribution < 1.29 is 4.39 Å². The van der Waals surface area contributed by atoms with Crippen LogP contribution in [0.3, 0.4) is 0 Å². The molecule has 0 radical (unpaired) electrons. The SMILES string of the molecule is CCCCCCCCCC(C)(F)C1CCCNC1. The van der Waals surface area contributed by atoms with Gasteiger partial charge in [0.25, 0.3) is 0 Å². The fraction of sp³-hybridized carbons (Fsp3) is 1.00. The molecule has 0 bridgehead atoms. The van der Waals surface area contributed by atoms with Crippen molar-refractivity contribution in [3.8, 4) is 0 Å². The molecule has 2 atom stereocenters. The summed E-state index contributed by atoms with van der Waals surface area (Å²) in [6.07, 6.45) is 11.9. The van der Waals surface area contributed by atoms with Crippen molar-refractivity contribution in [2.75, 3.05) is 13.1 Å². The van der Waals surface area contributed by atoms with Crippen LogP contribution in [-0.2, 0) is 0 Å². The lowest BCUT2D eigenvalue weighted by atomic mass is 9.81. The summed E-state index contributed by atoms with van der Waals surface area (Å²) in [5, 5.41) is 3.33. The van der Waals surface area contributed by atoms with E-state index >= 15 is 0 Å². The van der Waals surface area contributed by atoms with Gasteiger partial charge < -0.3 is 5.32 Å². The molecule has 1 saturated heterocycles. The van der Waals surface area contributed by atoms with E-state index < -0.39 is 5.67 Å². The van der Waals surface area contributed by atoms with Gasteiger partial charge in [-0.3, -0.25) is 0 Å². The second kappa shape index (κ2) is 8.90. The molecule has 0 aromatic carbocycles. The van der Waals surface area contributed by atoms with Crippen LogP contribution < -0.4 is 5.32 Å². The Bertz CT molecular complexity index is 197. The summed E-state index contributed by atoms with van der Waals surface area (Å²) in [4.78, 5) is 0. The van der Waals surface area contributed by atoms with Gasteiger partial charge in [-0.15, -0.1) is 0 Å². The number of rotatable bonds is 9. The first kappa shape index (κ1) is 15.9. The molecule has 1 aliphatic heterocycles. The fourth-order valence-corrected chi connectivity index (χ4v) is 3.00. The molecule has 0 aromatic heterocycles. The minimum atomic E-state index is -0.948. The van der Waals surface area contributed by atoms with E-state index in [0.29, 0.717) is 0 Å². The molecule has 0 aromatic rings. The summed E-state index contributed by atoms with van der Waals surface area (Å²) in [7, 11) is 0. The molecule has 1 aliphatic rings. The predicted molar refractivity (Wildman–Crippen MR) is 77.7 cm³/mol. The molecule has 2 heteroatoms. The Labute approximate surface area is 113 Å². The lowest BCUT2D eigenvalue weighted by molar-refractivity contribution is 0.0707. The zero-order valence-corrected chi connectivity index (χ0v) is 12.4. The van der Waals surface area contributed by atoms with Crippen LogP contribution in [-0.4, -0.2) is 18.8 Å². The van der Waals surface area contributed by atoms with Crippen LogP contribution in [0.4, 0.5) is 4.39 Å². The lowest BCUT2D eigenvalue weighted by Gasteiger charge is -2.34. The zero-order chi connectivity index (χ0) is 13.3. The smallest absolute Gasteiger partial charge is 0.112 e. The molecule has 1 fully saturated rings. The Kier molecular flexibility index (Phi) is 7.88. The molecule has 108 valence electrons. The van der Waals surface area contributed by atoms with Gasteiger partial charge >= 0.3 is 0 Å². The molecule has 0 spiro atoms. The van der Waals surface area contributed by atoms with Crippen LogP contribution in [0.5, 0.6) is 0 Å². The number of halogens is 1. The molecule has 18 heavy (non-hydrogen) atoms. The summed E-state index contributed by atoms with van der Waals surface area (Å²) < 4.78 is 14.6. The van der Waals surface area contributed by atoms with Crippen LogP contribution in [0, 0.1) is 5.92 Å². The van der Waals surface area contributed by atoms with Crippen molar-refractivity contribution in [1.29, 1.82) is 0 Å². The summed E-state index contributed by atoms with van der Waals surface area (Å²) in [5.74, 6) is 0.242. The average molecular weight is 257 g/mol. The number of piperidine rings is 1. The van der Waals surface area contributed by atoms with Gasteiger partial charge in [-0.25, -0.2) is 4.39 Å². The predicted octanol–water partition coefficient (Wildman–Crippen LogP) is 4.85. The van der Waals surface area contributed by atoms with Gasteiger partial charge in [0, 0.05) is 12.5 Å². The minimum absolute atomic E-state index is 0.242. The van der Waals surface area contributed by atoms with Gasteiger partial charge in [0.15, 0.2) is 0 Å². The van der Waals surface area contributed by atoms with E-state index in [0.717, 1.165) is 38.8 Å². The highest BCUT2D eigenvalue weighted by molar-refractivity contribution is 4.86. The molecular weight excluding hydrogens is 225 g/mol. The number of nitrogens with one attached hydrogen (secondary N) is 1. The van der Waals surface area contributed by atoms with Crippen molar-refractivity contribution in [3.05, 3.63) is 0 Å². The Morgan fingerprint density at radius 2 is 1.78 bits per heavy atom. The molecule has 1 heterocycles. The average Bonchev–Trinajstić information content (AvgIpc) is 2.39. The molecule has 0 saturated carbocycles. The van der Waals surface area contributed by atoms with Gasteiger partial charge in [-0.2, -0.15) is 0 Å². The minimum Gasteiger partial charge on any atom is -0.316 e. The topological polar surface area (TPSA) is 12.0 Å². The van der Waals surface area contributed by atoms with E-state index in [1.807, 2.05) is 6.92 Å². The Morgan fingerprint density at radius 1 is 1.11 bits per heavy atom. The molecule has 2 unspecified atom stereocenters. The van der Waals surface area contributed by atoms with E-state index in [1.165, 1.54) is 38.5 Å². The molecule has 1 rings (SSSR count).